The lowest BCUT2D eigenvalue weighted by Crippen LogP contribution is -2.65. The van der Waals surface area contributed by atoms with Crippen LogP contribution in [0.3, 0.4) is 0 Å². The molecule has 2 aromatic rings. The number of rotatable bonds is 9. The molecule has 2 N–H and O–H groups in total. The molecule has 0 fully saturated rings. The van der Waals surface area contributed by atoms with Crippen LogP contribution in [0.25, 0.3) is 0 Å². The van der Waals surface area contributed by atoms with Gasteiger partial charge in [0.25, 0.3) is 11.5 Å². The van der Waals surface area contributed by atoms with E-state index >= 15 is 0 Å². The number of aliphatic hydroxyl groups excluding tert-OH is 1. The van der Waals surface area contributed by atoms with Crippen molar-refractivity contribution in [3.63, 3.8) is 0 Å². The topological polar surface area (TPSA) is 121 Å². The molecule has 0 spiro atoms. The number of aliphatic hydroxyl groups is 1. The van der Waals surface area contributed by atoms with Crippen LogP contribution in [-0.4, -0.2) is 63.5 Å². The Bertz CT molecular complexity index is 910. The fourth-order valence-corrected chi connectivity index (χ4v) is 2.99. The summed E-state index contributed by atoms with van der Waals surface area (Å²) >= 11 is 0. The summed E-state index contributed by atoms with van der Waals surface area (Å²) in [5.74, 6) is -5.22. The highest BCUT2D eigenvalue weighted by Crippen LogP contribution is 2.28. The normalized spacial score (nSPS) is 13.6. The first-order valence-electron chi connectivity index (χ1n) is 9.38. The molecule has 2 atom stereocenters. The molecule has 158 valence electrons. The van der Waals surface area contributed by atoms with E-state index in [1.807, 2.05) is 0 Å². The molecule has 8 nitrogen and oxygen atoms in total. The number of amides is 1. The average molecular weight is 413 g/mol. The molecule has 0 radical (unpaired) electrons. The quantitative estimate of drug-likeness (QED) is 0.365. The number of likely N-dealkylation sites (N-methyl/N-ethyl adjacent to an activating group) is 1. The lowest BCUT2D eigenvalue weighted by Gasteiger charge is -2.36. The third-order valence-electron chi connectivity index (χ3n) is 4.62. The Morgan fingerprint density at radius 2 is 1.37 bits per heavy atom. The molecule has 0 saturated heterocycles. The number of ketones is 1. The summed E-state index contributed by atoms with van der Waals surface area (Å²) in [4.78, 5) is 52.4. The van der Waals surface area contributed by atoms with Crippen molar-refractivity contribution in [1.29, 1.82) is 0 Å². The van der Waals surface area contributed by atoms with Crippen molar-refractivity contribution in [2.24, 2.45) is 0 Å². The first-order valence-corrected chi connectivity index (χ1v) is 9.38. The predicted octanol–water partition coefficient (Wildman–Crippen LogP) is 1.78. The third-order valence-corrected chi connectivity index (χ3v) is 4.62. The van der Waals surface area contributed by atoms with Gasteiger partial charge in [-0.3, -0.25) is 9.59 Å². The highest BCUT2D eigenvalue weighted by molar-refractivity contribution is 6.21. The first-order chi connectivity index (χ1) is 14.3. The first kappa shape index (κ1) is 22.8. The van der Waals surface area contributed by atoms with Crippen LogP contribution in [0.4, 0.5) is 0 Å². The molecule has 0 aliphatic heterocycles. The Morgan fingerprint density at radius 1 is 0.900 bits per heavy atom. The number of carboxylic acids is 1. The van der Waals surface area contributed by atoms with Crippen molar-refractivity contribution in [2.75, 3.05) is 13.1 Å². The van der Waals surface area contributed by atoms with Crippen LogP contribution in [-0.2, 0) is 14.3 Å². The van der Waals surface area contributed by atoms with Crippen LogP contribution in [0.5, 0.6) is 0 Å². The minimum Gasteiger partial charge on any atom is -0.479 e. The monoisotopic (exact) mass is 413 g/mol. The zero-order chi connectivity index (χ0) is 22.3. The van der Waals surface area contributed by atoms with E-state index in [-0.39, 0.29) is 24.2 Å². The van der Waals surface area contributed by atoms with Crippen molar-refractivity contribution in [1.82, 2.24) is 4.90 Å². The van der Waals surface area contributed by atoms with Crippen LogP contribution in [0.2, 0.25) is 0 Å². The van der Waals surface area contributed by atoms with Gasteiger partial charge in [0.05, 0.1) is 5.56 Å². The fourth-order valence-electron chi connectivity index (χ4n) is 2.99. The number of carboxylic acid groups (broad SMARTS) is 1. The molecule has 2 unspecified atom stereocenters. The van der Waals surface area contributed by atoms with Crippen molar-refractivity contribution in [2.45, 2.75) is 25.6 Å². The van der Waals surface area contributed by atoms with Gasteiger partial charge in [0, 0.05) is 18.7 Å². The molecule has 0 heterocycles. The molecule has 8 heteroatoms. The number of hydrogen-bond acceptors (Lipinski definition) is 6. The van der Waals surface area contributed by atoms with E-state index in [9.17, 15) is 29.4 Å². The third kappa shape index (κ3) is 4.38. The molecule has 30 heavy (non-hydrogen) atoms. The Labute approximate surface area is 173 Å². The van der Waals surface area contributed by atoms with E-state index in [4.69, 9.17) is 4.74 Å². The molecule has 0 aromatic heterocycles. The Kier molecular flexibility index (Phi) is 7.43. The van der Waals surface area contributed by atoms with Gasteiger partial charge in [0.15, 0.2) is 0 Å². The summed E-state index contributed by atoms with van der Waals surface area (Å²) in [5, 5.41) is 20.0. The van der Waals surface area contributed by atoms with Crippen LogP contribution in [0.15, 0.2) is 60.7 Å². The summed E-state index contributed by atoms with van der Waals surface area (Å²) in [5.41, 5.74) is -3.08. The Morgan fingerprint density at radius 3 is 1.80 bits per heavy atom. The summed E-state index contributed by atoms with van der Waals surface area (Å²) in [7, 11) is 0. The van der Waals surface area contributed by atoms with Crippen molar-refractivity contribution in [3.05, 3.63) is 71.8 Å². The van der Waals surface area contributed by atoms with Gasteiger partial charge in [-0.25, -0.2) is 9.59 Å². The molecule has 0 aliphatic carbocycles. The van der Waals surface area contributed by atoms with Crippen molar-refractivity contribution in [3.8, 4) is 0 Å². The molecular formula is C22H23NO7. The SMILES string of the molecule is CCN(CC)C(=O)C(OC(=O)c1ccccc1)(C(=O)c1ccccc1)C(O)C(=O)O. The van der Waals surface area contributed by atoms with Crippen molar-refractivity contribution < 1.29 is 34.1 Å². The highest BCUT2D eigenvalue weighted by Gasteiger charge is 2.60. The standard InChI is InChI=1S/C22H23NO7/c1-3-23(4-2)21(29)22(18(25)19(26)27,17(24)15-11-7-5-8-12-15)30-20(28)16-13-9-6-10-14-16/h5-14,18,25H,3-4H2,1-2H3,(H,26,27). The number of esters is 1. The van der Waals surface area contributed by atoms with Crippen LogP contribution < -0.4 is 0 Å². The number of carbonyl (C=O) groups is 4. The highest BCUT2D eigenvalue weighted by atomic mass is 16.6. The van der Waals surface area contributed by atoms with Gasteiger partial charge in [-0.15, -0.1) is 0 Å². The second-order valence-electron chi connectivity index (χ2n) is 6.40. The van der Waals surface area contributed by atoms with E-state index in [1.165, 1.54) is 48.5 Å². The number of Topliss-reactive ketones (excluding diaryl/α,β-unsaturated/α-hetero) is 1. The Balaban J connectivity index is 2.70. The lowest BCUT2D eigenvalue weighted by molar-refractivity contribution is -0.171. The molecule has 0 aliphatic rings. The molecule has 0 bridgehead atoms. The largest absolute Gasteiger partial charge is 0.479 e. The van der Waals surface area contributed by atoms with E-state index in [2.05, 4.69) is 0 Å². The average Bonchev–Trinajstić information content (AvgIpc) is 2.78. The minimum atomic E-state index is -2.99. The van der Waals surface area contributed by atoms with Gasteiger partial charge in [0.2, 0.25) is 11.9 Å². The summed E-state index contributed by atoms with van der Waals surface area (Å²) in [6, 6.07) is 14.8. The van der Waals surface area contributed by atoms with Gasteiger partial charge in [-0.1, -0.05) is 48.5 Å². The summed E-state index contributed by atoms with van der Waals surface area (Å²) < 4.78 is 5.30. The fraction of sp³-hybridized carbons (Fsp3) is 0.273. The van der Waals surface area contributed by atoms with Gasteiger partial charge in [-0.2, -0.15) is 0 Å². The molecule has 1 amide bonds. The number of benzene rings is 2. The zero-order valence-corrected chi connectivity index (χ0v) is 16.6. The van der Waals surface area contributed by atoms with Gasteiger partial charge >= 0.3 is 11.9 Å². The number of ether oxygens (including phenoxy) is 1. The second kappa shape index (κ2) is 9.80. The Hall–Kier alpha value is -3.52. The van der Waals surface area contributed by atoms with E-state index in [0.29, 0.717) is 0 Å². The molecule has 0 saturated carbocycles. The van der Waals surface area contributed by atoms with Gasteiger partial charge < -0.3 is 19.8 Å². The molecule has 2 aromatic carbocycles. The summed E-state index contributed by atoms with van der Waals surface area (Å²) in [6.45, 7) is 3.44. The van der Waals surface area contributed by atoms with Gasteiger partial charge in [0.1, 0.15) is 0 Å². The van der Waals surface area contributed by atoms with Crippen LogP contribution in [0.1, 0.15) is 34.6 Å². The number of nitrogens with zero attached hydrogens (tertiary/aromatic N) is 1. The number of carbonyl (C=O) groups excluding carboxylic acids is 3. The number of aliphatic carboxylic acids is 1. The lowest BCUT2D eigenvalue weighted by atomic mass is 9.85. The maximum atomic E-state index is 13.4. The molecule has 2 rings (SSSR count). The molecular weight excluding hydrogens is 390 g/mol. The smallest absolute Gasteiger partial charge is 0.339 e. The van der Waals surface area contributed by atoms with E-state index < -0.39 is 35.3 Å². The minimum absolute atomic E-state index is 0.00678. The van der Waals surface area contributed by atoms with Crippen LogP contribution in [0, 0.1) is 0 Å². The van der Waals surface area contributed by atoms with E-state index in [1.54, 1.807) is 26.0 Å². The summed E-state index contributed by atoms with van der Waals surface area (Å²) in [6.07, 6.45) is -2.62. The second-order valence-corrected chi connectivity index (χ2v) is 6.40. The van der Waals surface area contributed by atoms with Gasteiger partial charge in [-0.05, 0) is 26.0 Å². The zero-order valence-electron chi connectivity index (χ0n) is 16.6. The predicted molar refractivity (Wildman–Crippen MR) is 107 cm³/mol. The maximum absolute atomic E-state index is 13.4. The maximum Gasteiger partial charge on any atom is 0.339 e. The van der Waals surface area contributed by atoms with Crippen molar-refractivity contribution >= 4 is 23.6 Å². The van der Waals surface area contributed by atoms with E-state index in [0.717, 1.165) is 4.90 Å². The van der Waals surface area contributed by atoms with Crippen LogP contribution >= 0.6 is 0 Å². The number of hydrogen-bond donors (Lipinski definition) is 2.